The lowest BCUT2D eigenvalue weighted by Gasteiger charge is -2.13. The van der Waals surface area contributed by atoms with E-state index in [1.807, 2.05) is 0 Å². The number of nitrogens with one attached hydrogen (secondary N) is 1. The first-order valence-electron chi connectivity index (χ1n) is 7.34. The highest BCUT2D eigenvalue weighted by atomic mass is 19.1. The summed E-state index contributed by atoms with van der Waals surface area (Å²) < 4.78 is 13.3. The second-order valence-electron chi connectivity index (χ2n) is 5.79. The largest absolute Gasteiger partial charge is 0.506 e. The lowest BCUT2D eigenvalue weighted by Crippen LogP contribution is -2.17. The minimum absolute atomic E-state index is 0.142. The van der Waals surface area contributed by atoms with E-state index in [1.165, 1.54) is 12.1 Å². The van der Waals surface area contributed by atoms with E-state index in [4.69, 9.17) is 0 Å². The molecule has 5 heteroatoms. The first-order valence-corrected chi connectivity index (χ1v) is 7.34. The third-order valence-electron chi connectivity index (χ3n) is 4.24. The number of pyridine rings is 1. The molecule has 2 aromatic rings. The van der Waals surface area contributed by atoms with Crippen LogP contribution in [-0.2, 0) is 11.2 Å². The van der Waals surface area contributed by atoms with Crippen LogP contribution in [0.4, 0.5) is 10.2 Å². The molecule has 1 heterocycles. The molecule has 0 unspecified atom stereocenters. The van der Waals surface area contributed by atoms with Gasteiger partial charge in [0.1, 0.15) is 17.4 Å². The predicted molar refractivity (Wildman–Crippen MR) is 86.8 cm³/mol. The van der Waals surface area contributed by atoms with Crippen molar-refractivity contribution in [1.82, 2.24) is 4.98 Å². The van der Waals surface area contributed by atoms with Gasteiger partial charge in [0.2, 0.25) is 0 Å². The Kier molecular flexibility index (Phi) is 3.64. The first-order chi connectivity index (χ1) is 10.9. The van der Waals surface area contributed by atoms with Crippen molar-refractivity contribution in [2.24, 2.45) is 0 Å². The number of aromatic hydroxyl groups is 1. The molecule has 1 aromatic heterocycles. The van der Waals surface area contributed by atoms with Gasteiger partial charge in [0.15, 0.2) is 0 Å². The molecular formula is C18H17FN2O2. The van der Waals surface area contributed by atoms with Crippen LogP contribution in [0.15, 0.2) is 23.8 Å². The van der Waals surface area contributed by atoms with Crippen molar-refractivity contribution in [3.05, 3.63) is 57.5 Å². The highest BCUT2D eigenvalue weighted by Crippen LogP contribution is 2.29. The lowest BCUT2D eigenvalue weighted by molar-refractivity contribution is -0.112. The van der Waals surface area contributed by atoms with Gasteiger partial charge in [-0.15, -0.1) is 0 Å². The van der Waals surface area contributed by atoms with Crippen molar-refractivity contribution in [1.29, 1.82) is 0 Å². The number of amides is 1. The Morgan fingerprint density at radius 3 is 2.74 bits per heavy atom. The summed E-state index contributed by atoms with van der Waals surface area (Å²) in [5.74, 6) is -0.0000469. The van der Waals surface area contributed by atoms with Crippen LogP contribution in [0.5, 0.6) is 5.75 Å². The normalized spacial score (nSPS) is 12.8. The first kappa shape index (κ1) is 15.2. The van der Waals surface area contributed by atoms with Crippen LogP contribution in [0.1, 0.15) is 27.9 Å². The van der Waals surface area contributed by atoms with E-state index in [0.29, 0.717) is 29.1 Å². The Hall–Kier alpha value is -2.69. The second kappa shape index (κ2) is 5.50. The van der Waals surface area contributed by atoms with Crippen molar-refractivity contribution in [3.8, 4) is 5.75 Å². The molecule has 0 aliphatic heterocycles. The van der Waals surface area contributed by atoms with E-state index in [1.54, 1.807) is 32.9 Å². The van der Waals surface area contributed by atoms with Gasteiger partial charge < -0.3 is 10.4 Å². The summed E-state index contributed by atoms with van der Waals surface area (Å²) in [7, 11) is 0. The summed E-state index contributed by atoms with van der Waals surface area (Å²) in [5.41, 5.74) is 4.11. The number of aryl methyl sites for hydroxylation is 1. The average molecular weight is 312 g/mol. The Morgan fingerprint density at radius 2 is 2.00 bits per heavy atom. The number of halogens is 1. The molecule has 0 atom stereocenters. The molecule has 2 N–H and O–H groups in total. The van der Waals surface area contributed by atoms with Gasteiger partial charge in [-0.3, -0.25) is 4.79 Å². The minimum Gasteiger partial charge on any atom is -0.506 e. The van der Waals surface area contributed by atoms with Gasteiger partial charge in [0, 0.05) is 12.0 Å². The van der Waals surface area contributed by atoms with Gasteiger partial charge in [0.05, 0.1) is 5.69 Å². The zero-order chi connectivity index (χ0) is 16.7. The van der Waals surface area contributed by atoms with Crippen LogP contribution < -0.4 is 5.32 Å². The Morgan fingerprint density at radius 1 is 1.26 bits per heavy atom. The molecule has 0 bridgehead atoms. The molecule has 0 radical (unpaired) electrons. The minimum atomic E-state index is -0.316. The summed E-state index contributed by atoms with van der Waals surface area (Å²) in [4.78, 5) is 16.7. The molecule has 1 aliphatic carbocycles. The monoisotopic (exact) mass is 312 g/mol. The maximum absolute atomic E-state index is 13.3. The number of rotatable bonds is 2. The topological polar surface area (TPSA) is 62.2 Å². The van der Waals surface area contributed by atoms with Gasteiger partial charge in [-0.05, 0) is 61.2 Å². The fourth-order valence-electron chi connectivity index (χ4n) is 2.69. The number of benzene rings is 1. The van der Waals surface area contributed by atoms with Crippen LogP contribution in [-0.4, -0.2) is 16.0 Å². The fraction of sp³-hybridized carbons (Fsp3) is 0.222. The summed E-state index contributed by atoms with van der Waals surface area (Å²) in [5, 5.41) is 12.7. The quantitative estimate of drug-likeness (QED) is 0.893. The van der Waals surface area contributed by atoms with Crippen LogP contribution in [0, 0.1) is 26.6 Å². The van der Waals surface area contributed by atoms with Gasteiger partial charge >= 0.3 is 0 Å². The number of nitrogens with zero attached hydrogens (tertiary/aromatic N) is 1. The third kappa shape index (κ3) is 2.70. The summed E-state index contributed by atoms with van der Waals surface area (Å²) in [6, 6.07) is 4.51. The van der Waals surface area contributed by atoms with Gasteiger partial charge in [-0.25, -0.2) is 9.37 Å². The van der Waals surface area contributed by atoms with E-state index < -0.39 is 0 Å². The number of fused-ring (bicyclic) bond motifs is 1. The maximum Gasteiger partial charge on any atom is 0.253 e. The molecule has 1 amide bonds. The predicted octanol–water partition coefficient (Wildman–Crippen LogP) is 3.43. The molecule has 23 heavy (non-hydrogen) atoms. The van der Waals surface area contributed by atoms with Crippen molar-refractivity contribution < 1.29 is 14.3 Å². The van der Waals surface area contributed by atoms with Crippen LogP contribution in [0.25, 0.3) is 6.08 Å². The maximum atomic E-state index is 13.3. The van der Waals surface area contributed by atoms with E-state index in [2.05, 4.69) is 10.3 Å². The van der Waals surface area contributed by atoms with E-state index >= 15 is 0 Å². The number of hydrogen-bond acceptors (Lipinski definition) is 3. The molecule has 1 aromatic carbocycles. The molecule has 118 valence electrons. The van der Waals surface area contributed by atoms with E-state index in [-0.39, 0.29) is 17.5 Å². The van der Waals surface area contributed by atoms with Gasteiger partial charge in [-0.1, -0.05) is 6.07 Å². The Labute approximate surface area is 133 Å². The lowest BCUT2D eigenvalue weighted by atomic mass is 10.1. The van der Waals surface area contributed by atoms with Gasteiger partial charge in [-0.2, -0.15) is 0 Å². The summed E-state index contributed by atoms with van der Waals surface area (Å²) in [6.07, 6.45) is 2.17. The summed E-state index contributed by atoms with van der Waals surface area (Å²) >= 11 is 0. The Balaban J connectivity index is 1.86. The number of anilines is 1. The molecule has 0 saturated heterocycles. The zero-order valence-corrected chi connectivity index (χ0v) is 13.2. The second-order valence-corrected chi connectivity index (χ2v) is 5.79. The molecule has 0 fully saturated rings. The molecular weight excluding hydrogens is 295 g/mol. The molecule has 0 saturated carbocycles. The van der Waals surface area contributed by atoms with Gasteiger partial charge in [0.25, 0.3) is 5.91 Å². The van der Waals surface area contributed by atoms with Crippen molar-refractivity contribution >= 4 is 17.8 Å². The van der Waals surface area contributed by atoms with Crippen molar-refractivity contribution in [2.75, 3.05) is 5.32 Å². The highest BCUT2D eigenvalue weighted by Gasteiger charge is 2.21. The Bertz CT molecular complexity index is 857. The number of hydrogen-bond donors (Lipinski definition) is 2. The number of carbonyl (C=O) groups excluding carboxylic acids is 1. The molecule has 0 spiro atoms. The SMILES string of the molecule is Cc1nc(NC(=O)C2=Cc3cc(F)ccc3C2)c(C)c(C)c1O. The average Bonchev–Trinajstić information content (AvgIpc) is 2.93. The van der Waals surface area contributed by atoms with E-state index in [0.717, 1.165) is 16.7 Å². The van der Waals surface area contributed by atoms with Crippen LogP contribution in [0.2, 0.25) is 0 Å². The number of aromatic nitrogens is 1. The molecule has 3 rings (SSSR count). The summed E-state index contributed by atoms with van der Waals surface area (Å²) in [6.45, 7) is 5.26. The van der Waals surface area contributed by atoms with Crippen molar-refractivity contribution in [3.63, 3.8) is 0 Å². The smallest absolute Gasteiger partial charge is 0.253 e. The van der Waals surface area contributed by atoms with Crippen LogP contribution in [0.3, 0.4) is 0 Å². The zero-order valence-electron chi connectivity index (χ0n) is 13.2. The van der Waals surface area contributed by atoms with E-state index in [9.17, 15) is 14.3 Å². The van der Waals surface area contributed by atoms with Crippen LogP contribution >= 0.6 is 0 Å². The molecule has 4 nitrogen and oxygen atoms in total. The molecule has 1 aliphatic rings. The van der Waals surface area contributed by atoms with Crippen molar-refractivity contribution in [2.45, 2.75) is 27.2 Å². The fourth-order valence-corrected chi connectivity index (χ4v) is 2.69. The highest BCUT2D eigenvalue weighted by molar-refractivity contribution is 6.08. The number of carbonyl (C=O) groups is 1. The standard InChI is InChI=1S/C18H17FN2O2/c1-9-10(2)17(20-11(3)16(9)22)21-18(23)14-6-12-4-5-15(19)8-13(12)7-14/h4-5,7-8,22H,6H2,1-3H3,(H,20,21,23). The third-order valence-corrected chi connectivity index (χ3v) is 4.24.